The van der Waals surface area contributed by atoms with Crippen molar-refractivity contribution in [3.63, 3.8) is 0 Å². The Hall–Kier alpha value is -2.26. The van der Waals surface area contributed by atoms with Gasteiger partial charge in [-0.25, -0.2) is 9.59 Å². The summed E-state index contributed by atoms with van der Waals surface area (Å²) in [6, 6.07) is 0. The molecule has 36 heavy (non-hydrogen) atoms. The second kappa shape index (κ2) is 17.2. The van der Waals surface area contributed by atoms with Crippen LogP contribution in [0, 0.1) is 0 Å². The minimum Gasteiger partial charge on any atom is -0.481 e. The molecule has 0 radical (unpaired) electrons. The van der Waals surface area contributed by atoms with Gasteiger partial charge in [-0.05, 0) is 27.7 Å². The molecule has 4 atom stereocenters. The number of carbonyl (C=O) groups excluding carboxylic acids is 3. The molecule has 0 rings (SSSR count). The van der Waals surface area contributed by atoms with Gasteiger partial charge in [-0.15, -0.1) is 0 Å². The first-order valence-corrected chi connectivity index (χ1v) is 15.4. The predicted molar refractivity (Wildman–Crippen MR) is 134 cm³/mol. The van der Waals surface area contributed by atoms with Gasteiger partial charge in [-0.2, -0.15) is 0 Å². The second-order valence-electron chi connectivity index (χ2n) is 8.38. The largest absolute Gasteiger partial charge is 0.481 e. The topological polar surface area (TPSA) is 180 Å². The number of esters is 3. The maximum Gasteiger partial charge on any atom is 0.333 e. The molecule has 0 saturated carbocycles. The van der Waals surface area contributed by atoms with Crippen LogP contribution in [0.25, 0.3) is 0 Å². The van der Waals surface area contributed by atoms with Gasteiger partial charge in [-0.1, -0.05) is 13.2 Å². The van der Waals surface area contributed by atoms with E-state index < -0.39 is 50.8 Å². The standard InChI is InChI=1S/2C11H19O6P/c1-8(2)11(13)17-9(3)7-16-10(12)5-6-18(4,14)15;1-8(2)11(14)17-9(3)7-16-18(4,15)6-5-10(12)13/h9H,1,5-7H2,2-4H3,(H,14,15);9H,1,5-7H2,2-4H3,(H,12,13). The van der Waals surface area contributed by atoms with Gasteiger partial charge in [0.25, 0.3) is 0 Å². The number of ether oxygens (including phenoxy) is 3. The first kappa shape index (κ1) is 35.9. The number of hydrogen-bond donors (Lipinski definition) is 2. The Labute approximate surface area is 211 Å². The Morgan fingerprint density at radius 1 is 0.833 bits per heavy atom. The zero-order valence-corrected chi connectivity index (χ0v) is 23.5. The van der Waals surface area contributed by atoms with Gasteiger partial charge in [0.1, 0.15) is 18.8 Å². The van der Waals surface area contributed by atoms with Crippen molar-refractivity contribution in [2.45, 2.75) is 52.7 Å². The van der Waals surface area contributed by atoms with Crippen LogP contribution in [0.3, 0.4) is 0 Å². The number of carboxylic acids is 1. The van der Waals surface area contributed by atoms with Gasteiger partial charge in [0, 0.05) is 36.8 Å². The third-order valence-electron chi connectivity index (χ3n) is 3.84. The van der Waals surface area contributed by atoms with Crippen molar-refractivity contribution in [2.75, 3.05) is 38.9 Å². The van der Waals surface area contributed by atoms with E-state index in [1.54, 1.807) is 13.8 Å². The maximum absolute atomic E-state index is 11.8. The van der Waals surface area contributed by atoms with Crippen LogP contribution >= 0.6 is 14.7 Å². The van der Waals surface area contributed by atoms with Crippen molar-refractivity contribution >= 4 is 38.6 Å². The van der Waals surface area contributed by atoms with Gasteiger partial charge in [0.05, 0.1) is 19.4 Å². The maximum atomic E-state index is 11.8. The Bertz CT molecular complexity index is 889. The summed E-state index contributed by atoms with van der Waals surface area (Å²) >= 11 is 0. The SMILES string of the molecule is C=C(C)C(=O)OC(C)COC(=O)CCP(C)(=O)O.C=C(C)C(=O)OC(C)COP(C)(=O)CCC(=O)O. The molecule has 0 aliphatic heterocycles. The van der Waals surface area contributed by atoms with Crippen LogP contribution in [-0.4, -0.2) is 85.0 Å². The summed E-state index contributed by atoms with van der Waals surface area (Å²) in [7, 11) is -6.16. The normalized spacial score (nSPS) is 15.4. The lowest BCUT2D eigenvalue weighted by Crippen LogP contribution is -2.22. The molecule has 4 unspecified atom stereocenters. The van der Waals surface area contributed by atoms with Crippen molar-refractivity contribution in [1.82, 2.24) is 0 Å². The number of carboxylic acid groups (broad SMARTS) is 1. The van der Waals surface area contributed by atoms with E-state index in [1.165, 1.54) is 27.2 Å². The monoisotopic (exact) mass is 556 g/mol. The minimum atomic E-state index is -3.20. The van der Waals surface area contributed by atoms with Crippen LogP contribution in [0.2, 0.25) is 0 Å². The molecule has 0 amide bonds. The van der Waals surface area contributed by atoms with Crippen LogP contribution < -0.4 is 0 Å². The summed E-state index contributed by atoms with van der Waals surface area (Å²) < 4.78 is 42.5. The zero-order valence-electron chi connectivity index (χ0n) is 21.7. The average molecular weight is 556 g/mol. The van der Waals surface area contributed by atoms with Crippen molar-refractivity contribution in [3.8, 4) is 0 Å². The van der Waals surface area contributed by atoms with Crippen molar-refractivity contribution in [3.05, 3.63) is 24.3 Å². The highest BCUT2D eigenvalue weighted by atomic mass is 31.2. The van der Waals surface area contributed by atoms with E-state index in [0.29, 0.717) is 0 Å². The predicted octanol–water partition coefficient (Wildman–Crippen LogP) is 3.22. The highest BCUT2D eigenvalue weighted by molar-refractivity contribution is 7.58. The molecule has 0 heterocycles. The first-order chi connectivity index (χ1) is 16.3. The van der Waals surface area contributed by atoms with E-state index in [-0.39, 0.29) is 49.5 Å². The Morgan fingerprint density at radius 2 is 1.28 bits per heavy atom. The molecule has 2 N–H and O–H groups in total. The van der Waals surface area contributed by atoms with Gasteiger partial charge in [0.15, 0.2) is 7.37 Å². The molecule has 0 aromatic rings. The first-order valence-electron chi connectivity index (χ1n) is 10.9. The van der Waals surface area contributed by atoms with Crippen LogP contribution in [0.1, 0.15) is 40.5 Å². The van der Waals surface area contributed by atoms with Gasteiger partial charge >= 0.3 is 23.9 Å². The highest BCUT2D eigenvalue weighted by Crippen LogP contribution is 2.43. The molecular weight excluding hydrogens is 518 g/mol. The van der Waals surface area contributed by atoms with Crippen LogP contribution in [0.4, 0.5) is 0 Å². The van der Waals surface area contributed by atoms with E-state index in [4.69, 9.17) is 28.7 Å². The van der Waals surface area contributed by atoms with Crippen molar-refractivity contribution < 1.29 is 57.0 Å². The molecule has 0 aromatic heterocycles. The summed E-state index contributed by atoms with van der Waals surface area (Å²) in [6.07, 6.45) is -1.65. The van der Waals surface area contributed by atoms with Crippen LogP contribution in [-0.2, 0) is 47.0 Å². The lowest BCUT2D eigenvalue weighted by atomic mass is 10.3. The summed E-state index contributed by atoms with van der Waals surface area (Å²) in [4.78, 5) is 52.8. The van der Waals surface area contributed by atoms with E-state index in [2.05, 4.69) is 13.2 Å². The number of hydrogen-bond acceptors (Lipinski definition) is 10. The lowest BCUT2D eigenvalue weighted by molar-refractivity contribution is -0.155. The van der Waals surface area contributed by atoms with Crippen molar-refractivity contribution in [1.29, 1.82) is 0 Å². The third-order valence-corrected chi connectivity index (χ3v) is 6.62. The summed E-state index contributed by atoms with van der Waals surface area (Å²) in [5, 5.41) is 8.48. The fraction of sp³-hybridized carbons (Fsp3) is 0.636. The minimum absolute atomic E-state index is 0.0353. The van der Waals surface area contributed by atoms with Gasteiger partial charge in [0.2, 0.25) is 7.37 Å². The van der Waals surface area contributed by atoms with E-state index in [0.717, 1.165) is 0 Å². The smallest absolute Gasteiger partial charge is 0.333 e. The Kier molecular flexibility index (Phi) is 17.2. The van der Waals surface area contributed by atoms with Gasteiger partial charge in [-0.3, -0.25) is 18.7 Å². The summed E-state index contributed by atoms with van der Waals surface area (Å²) in [6.45, 7) is 15.5. The number of rotatable bonds is 15. The molecule has 12 nitrogen and oxygen atoms in total. The van der Waals surface area contributed by atoms with E-state index in [1.807, 2.05) is 0 Å². The molecule has 0 aliphatic carbocycles. The summed E-state index contributed by atoms with van der Waals surface area (Å²) in [5.41, 5.74) is 0.535. The number of carbonyl (C=O) groups is 4. The zero-order chi connectivity index (χ0) is 28.7. The summed E-state index contributed by atoms with van der Waals surface area (Å²) in [5.74, 6) is -2.71. The quantitative estimate of drug-likeness (QED) is 0.130. The van der Waals surface area contributed by atoms with Gasteiger partial charge < -0.3 is 28.7 Å². The molecule has 0 spiro atoms. The molecular formula is C22H38O12P2. The Morgan fingerprint density at radius 3 is 1.67 bits per heavy atom. The molecule has 14 heteroatoms. The van der Waals surface area contributed by atoms with Crippen LogP contribution in [0.5, 0.6) is 0 Å². The molecule has 0 aromatic carbocycles. The highest BCUT2D eigenvalue weighted by Gasteiger charge is 2.20. The van der Waals surface area contributed by atoms with Crippen LogP contribution in [0.15, 0.2) is 24.3 Å². The Balaban J connectivity index is 0. The second-order valence-corrected chi connectivity index (χ2v) is 13.7. The lowest BCUT2D eigenvalue weighted by Gasteiger charge is -2.17. The third kappa shape index (κ3) is 22.2. The molecule has 0 bridgehead atoms. The molecule has 0 aliphatic rings. The molecule has 0 fully saturated rings. The van der Waals surface area contributed by atoms with Crippen molar-refractivity contribution in [2.24, 2.45) is 0 Å². The molecule has 208 valence electrons. The van der Waals surface area contributed by atoms with E-state index in [9.17, 15) is 28.3 Å². The average Bonchev–Trinajstić information content (AvgIpc) is 2.73. The molecule has 0 saturated heterocycles. The fourth-order valence-electron chi connectivity index (χ4n) is 1.84. The fourth-order valence-corrected chi connectivity index (χ4v) is 3.69. The van der Waals surface area contributed by atoms with E-state index >= 15 is 0 Å². The number of aliphatic carboxylic acids is 1.